The second-order valence-corrected chi connectivity index (χ2v) is 13.5. The van der Waals surface area contributed by atoms with Crippen LogP contribution in [0.2, 0.25) is 0 Å². The molecule has 0 amide bonds. The van der Waals surface area contributed by atoms with E-state index in [4.69, 9.17) is 7.48 Å². The van der Waals surface area contributed by atoms with Gasteiger partial charge in [0, 0.05) is 0 Å². The molecule has 4 aromatic carbocycles. The Morgan fingerprint density at radius 1 is 0.550 bits per heavy atom. The smallest absolute Gasteiger partial charge is 2.00 e. The molecule has 8 aromatic rings. The Balaban J connectivity index is 0.00000288. The second kappa shape index (κ2) is 10.6. The number of ether oxygens (including phenoxy) is 1. The minimum Gasteiger partial charge on any atom is 2.00 e. The van der Waals surface area contributed by atoms with Crippen LogP contribution in [0.5, 0.6) is 11.5 Å². The fourth-order valence-electron chi connectivity index (χ4n) is 4.97. The molecule has 6 heteroatoms. The van der Waals surface area contributed by atoms with Crippen LogP contribution in [-0.2, 0) is 21.1 Å². The van der Waals surface area contributed by atoms with Crippen molar-refractivity contribution in [2.24, 2.45) is 0 Å². The number of rotatable bonds is 4. The van der Waals surface area contributed by atoms with Gasteiger partial charge in [0.15, 0.2) is 0 Å². The quantitative estimate of drug-likeness (QED) is 0.134. The SMILES string of the molecule is [2H]c1cc2c([se]c3ccccc32)c(-c2[c-]c(Oc3[c-]c(-c4nc([2H])cc5c4[se]c4ccccc45)ccc3)ccc2)n1.[Pt+2]. The van der Waals surface area contributed by atoms with Gasteiger partial charge in [-0.15, -0.1) is 0 Å². The summed E-state index contributed by atoms with van der Waals surface area (Å²) < 4.78 is 28.0. The van der Waals surface area contributed by atoms with Crippen molar-refractivity contribution in [3.05, 3.63) is 122 Å². The van der Waals surface area contributed by atoms with E-state index in [2.05, 4.69) is 58.5 Å². The van der Waals surface area contributed by atoms with Crippen LogP contribution >= 0.6 is 0 Å². The number of hydrogen-bond acceptors (Lipinski definition) is 3. The molecule has 4 heterocycles. The predicted octanol–water partition coefficient (Wildman–Crippen LogP) is 7.93. The zero-order valence-corrected chi connectivity index (χ0v) is 26.4. The van der Waals surface area contributed by atoms with E-state index < -0.39 is 0 Å². The Hall–Kier alpha value is -3.29. The van der Waals surface area contributed by atoms with Crippen LogP contribution in [0.25, 0.3) is 61.1 Å². The van der Waals surface area contributed by atoms with Crippen molar-refractivity contribution in [2.45, 2.75) is 0 Å². The zero-order valence-electron chi connectivity index (χ0n) is 22.7. The van der Waals surface area contributed by atoms with Crippen molar-refractivity contribution < 1.29 is 28.5 Å². The van der Waals surface area contributed by atoms with Gasteiger partial charge in [-0.2, -0.15) is 0 Å². The number of aromatic nitrogens is 2. The third kappa shape index (κ3) is 4.40. The van der Waals surface area contributed by atoms with E-state index in [-0.39, 0.29) is 62.4 Å². The molecule has 0 aliphatic carbocycles. The van der Waals surface area contributed by atoms with Crippen molar-refractivity contribution in [3.8, 4) is 34.0 Å². The molecule has 8 rings (SSSR count). The number of nitrogens with zero attached hydrogens (tertiary/aromatic N) is 2. The molecule has 0 bridgehead atoms. The van der Waals surface area contributed by atoms with Gasteiger partial charge in [-0.1, -0.05) is 0 Å². The normalized spacial score (nSPS) is 12.0. The molecule has 0 fully saturated rings. The van der Waals surface area contributed by atoms with Gasteiger partial charge < -0.3 is 0 Å². The summed E-state index contributed by atoms with van der Waals surface area (Å²) in [6, 6.07) is 38.9. The Bertz CT molecular complexity index is 2130. The summed E-state index contributed by atoms with van der Waals surface area (Å²) in [6.07, 6.45) is 0.486. The minimum atomic E-state index is 0. The first kappa shape index (κ1) is 23.4. The third-order valence-corrected chi connectivity index (χ3v) is 11.7. The van der Waals surface area contributed by atoms with Crippen molar-refractivity contribution >= 4 is 67.6 Å². The number of fused-ring (bicyclic) bond motifs is 6. The van der Waals surface area contributed by atoms with Crippen molar-refractivity contribution in [1.29, 1.82) is 0 Å². The summed E-state index contributed by atoms with van der Waals surface area (Å²) in [5.74, 6) is 1.10. The van der Waals surface area contributed by atoms with E-state index in [0.717, 1.165) is 33.3 Å². The molecule has 0 saturated carbocycles. The largest absolute Gasteiger partial charge is 2.00 e. The van der Waals surface area contributed by atoms with Gasteiger partial charge >= 0.3 is 262 Å². The van der Waals surface area contributed by atoms with Gasteiger partial charge in [-0.05, 0) is 0 Å². The first-order chi connectivity index (χ1) is 20.1. The summed E-state index contributed by atoms with van der Waals surface area (Å²) in [5, 5.41) is 4.58. The molecule has 192 valence electrons. The van der Waals surface area contributed by atoms with Crippen LogP contribution in [0.15, 0.2) is 109 Å². The summed E-state index contributed by atoms with van der Waals surface area (Å²) >= 11 is 0.213. The van der Waals surface area contributed by atoms with Crippen LogP contribution in [-0.4, -0.2) is 39.0 Å². The van der Waals surface area contributed by atoms with Crippen LogP contribution in [0.4, 0.5) is 0 Å². The van der Waals surface area contributed by atoms with E-state index in [9.17, 15) is 0 Å². The van der Waals surface area contributed by atoms with E-state index in [1.54, 1.807) is 0 Å². The molecule has 0 spiro atoms. The van der Waals surface area contributed by atoms with Gasteiger partial charge in [-0.25, -0.2) is 0 Å². The molecule has 0 saturated heterocycles. The summed E-state index contributed by atoms with van der Waals surface area (Å²) in [6.45, 7) is 0. The topological polar surface area (TPSA) is 35.0 Å². The first-order valence-corrected chi connectivity index (χ1v) is 15.8. The van der Waals surface area contributed by atoms with Gasteiger partial charge in [-0.3, -0.25) is 0 Å². The molecule has 3 nitrogen and oxygen atoms in total. The van der Waals surface area contributed by atoms with Crippen molar-refractivity contribution in [2.75, 3.05) is 0 Å². The Kier molecular flexibility index (Phi) is 6.20. The molecule has 0 N–H and O–H groups in total. The third-order valence-electron chi connectivity index (χ3n) is 6.74. The van der Waals surface area contributed by atoms with E-state index in [1.807, 2.05) is 60.7 Å². The van der Waals surface area contributed by atoms with E-state index in [1.165, 1.54) is 27.8 Å². The first-order valence-electron chi connectivity index (χ1n) is 13.4. The summed E-state index contributed by atoms with van der Waals surface area (Å²) in [5.41, 5.74) is 3.20. The molecule has 0 aliphatic rings. The van der Waals surface area contributed by atoms with Crippen molar-refractivity contribution in [1.82, 2.24) is 9.97 Å². The molecule has 4 aromatic heterocycles. The fraction of sp³-hybridized carbons (Fsp3) is 0. The standard InChI is InChI=1S/C34H18N2OSe2.Pt/c1-3-13-29-25(11-1)27-15-17-35-31(33(27)38-29)21-7-5-9-23(19-21)37-24-10-6-8-22(20-24)32-34-28(16-18-36-32)26-12-2-4-14-30(26)39-34;/h1-18H;/q-2;+2/i17D,18D;. The maximum Gasteiger partial charge on any atom is 2.00 e. The molecular weight excluding hydrogens is 805 g/mol. The van der Waals surface area contributed by atoms with E-state index >= 15 is 0 Å². The van der Waals surface area contributed by atoms with Crippen LogP contribution in [0, 0.1) is 12.1 Å². The van der Waals surface area contributed by atoms with Crippen LogP contribution in [0.1, 0.15) is 2.74 Å². The van der Waals surface area contributed by atoms with Gasteiger partial charge in [0.05, 0.1) is 0 Å². The average molecular weight is 826 g/mol. The Labute approximate surface area is 260 Å². The van der Waals surface area contributed by atoms with Gasteiger partial charge in [0.2, 0.25) is 0 Å². The van der Waals surface area contributed by atoms with Crippen LogP contribution in [0.3, 0.4) is 0 Å². The maximum atomic E-state index is 8.37. The molecule has 0 unspecified atom stereocenters. The second-order valence-electron chi connectivity index (χ2n) is 9.11. The number of benzene rings is 4. The zero-order chi connectivity index (χ0) is 27.5. The van der Waals surface area contributed by atoms with Gasteiger partial charge in [0.25, 0.3) is 0 Å². The molecule has 0 atom stereocenters. The predicted molar refractivity (Wildman–Crippen MR) is 161 cm³/mol. The minimum absolute atomic E-state index is 0. The summed E-state index contributed by atoms with van der Waals surface area (Å²) in [7, 11) is 0. The summed E-state index contributed by atoms with van der Waals surface area (Å²) in [4.78, 5) is 9.24. The maximum absolute atomic E-state index is 8.37. The fourth-order valence-corrected chi connectivity index (χ4v) is 9.94. The van der Waals surface area contributed by atoms with Crippen molar-refractivity contribution in [3.63, 3.8) is 0 Å². The molecule has 40 heavy (non-hydrogen) atoms. The number of pyridine rings is 2. The number of hydrogen-bond donors (Lipinski definition) is 0. The van der Waals surface area contributed by atoms with Crippen LogP contribution < -0.4 is 4.74 Å². The Morgan fingerprint density at radius 2 is 1.02 bits per heavy atom. The molecular formula is C34H18N2OPtSe2. The van der Waals surface area contributed by atoms with E-state index in [0.29, 0.717) is 11.5 Å². The molecule has 0 aliphatic heterocycles. The average Bonchev–Trinajstić information content (AvgIpc) is 3.55. The molecule has 0 radical (unpaired) electrons. The Morgan fingerprint density at radius 3 is 1.52 bits per heavy atom. The van der Waals surface area contributed by atoms with Gasteiger partial charge in [0.1, 0.15) is 0 Å². The monoisotopic (exact) mass is 827 g/mol.